The normalized spacial score (nSPS) is 10.4. The first-order valence-corrected chi connectivity index (χ1v) is 8.68. The van der Waals surface area contributed by atoms with Crippen LogP contribution in [0.4, 0.5) is 11.4 Å². The van der Waals surface area contributed by atoms with Crippen molar-refractivity contribution in [3.63, 3.8) is 0 Å². The van der Waals surface area contributed by atoms with Crippen molar-refractivity contribution in [2.45, 2.75) is 33.6 Å². The number of nitrogens with one attached hydrogen (secondary N) is 1. The van der Waals surface area contributed by atoms with E-state index in [-0.39, 0.29) is 11.7 Å². The van der Waals surface area contributed by atoms with Gasteiger partial charge < -0.3 is 10.2 Å². The van der Waals surface area contributed by atoms with E-state index in [0.29, 0.717) is 16.9 Å². The quantitative estimate of drug-likeness (QED) is 0.734. The first kappa shape index (κ1) is 18.6. The number of pyridine rings is 1. The molecule has 1 aromatic heterocycles. The lowest BCUT2D eigenvalue weighted by atomic mass is 10.1. The number of benzene rings is 1. The van der Waals surface area contributed by atoms with Gasteiger partial charge in [-0.1, -0.05) is 13.8 Å². The highest BCUT2D eigenvalue weighted by Crippen LogP contribution is 2.17. The van der Waals surface area contributed by atoms with Crippen molar-refractivity contribution in [2.24, 2.45) is 0 Å². The molecule has 1 heterocycles. The van der Waals surface area contributed by atoms with Gasteiger partial charge in [0.25, 0.3) is 5.91 Å². The number of Topliss-reactive ketones (excluding diaryl/α,β-unsaturated/α-hetero) is 1. The highest BCUT2D eigenvalue weighted by Gasteiger charge is 2.12. The molecule has 0 unspecified atom stereocenters. The summed E-state index contributed by atoms with van der Waals surface area (Å²) in [6.07, 6.45) is 3.76. The Balaban J connectivity index is 2.13. The second kappa shape index (κ2) is 8.97. The Labute approximate surface area is 149 Å². The molecule has 0 aliphatic rings. The molecule has 0 fully saturated rings. The molecule has 0 bridgehead atoms. The van der Waals surface area contributed by atoms with Gasteiger partial charge in [0.05, 0.1) is 0 Å². The lowest BCUT2D eigenvalue weighted by molar-refractivity contribution is 0.101. The van der Waals surface area contributed by atoms with Crippen molar-refractivity contribution in [3.05, 3.63) is 53.9 Å². The largest absolute Gasteiger partial charge is 0.371 e. The third-order valence-corrected chi connectivity index (χ3v) is 3.88. The van der Waals surface area contributed by atoms with Gasteiger partial charge in [0.15, 0.2) is 5.78 Å². The number of hydrogen-bond donors (Lipinski definition) is 1. The zero-order chi connectivity index (χ0) is 18.2. The second-order valence-electron chi connectivity index (χ2n) is 5.97. The van der Waals surface area contributed by atoms with Crippen molar-refractivity contribution < 1.29 is 9.59 Å². The SMILES string of the molecule is CCCN(CCC)c1ccnc(C(=O)Nc2ccc(C(C)=O)cc2)c1. The molecular weight excluding hydrogens is 314 g/mol. The molecule has 0 aliphatic heterocycles. The summed E-state index contributed by atoms with van der Waals surface area (Å²) in [6.45, 7) is 7.70. The van der Waals surface area contributed by atoms with E-state index < -0.39 is 0 Å². The Bertz CT molecular complexity index is 720. The molecule has 1 aromatic carbocycles. The Morgan fingerprint density at radius 2 is 1.68 bits per heavy atom. The summed E-state index contributed by atoms with van der Waals surface area (Å²) in [5.41, 5.74) is 2.65. The fourth-order valence-electron chi connectivity index (χ4n) is 2.63. The summed E-state index contributed by atoms with van der Waals surface area (Å²) in [4.78, 5) is 30.2. The van der Waals surface area contributed by atoms with E-state index in [1.807, 2.05) is 12.1 Å². The topological polar surface area (TPSA) is 62.3 Å². The molecule has 0 atom stereocenters. The van der Waals surface area contributed by atoms with Gasteiger partial charge in [0.1, 0.15) is 5.69 Å². The number of amides is 1. The number of ketones is 1. The van der Waals surface area contributed by atoms with E-state index in [1.54, 1.807) is 30.5 Å². The molecule has 0 aliphatic carbocycles. The van der Waals surface area contributed by atoms with Crippen LogP contribution in [0.1, 0.15) is 54.5 Å². The van der Waals surface area contributed by atoms with Crippen LogP contribution in [0.3, 0.4) is 0 Å². The van der Waals surface area contributed by atoms with Gasteiger partial charge in [0.2, 0.25) is 0 Å². The Hall–Kier alpha value is -2.69. The molecule has 25 heavy (non-hydrogen) atoms. The number of anilines is 2. The van der Waals surface area contributed by atoms with Gasteiger partial charge in [-0.2, -0.15) is 0 Å². The van der Waals surface area contributed by atoms with Crippen LogP contribution in [0, 0.1) is 0 Å². The van der Waals surface area contributed by atoms with Crippen LogP contribution in [0.2, 0.25) is 0 Å². The lowest BCUT2D eigenvalue weighted by Gasteiger charge is -2.23. The van der Waals surface area contributed by atoms with Gasteiger partial charge in [-0.05, 0) is 56.2 Å². The molecule has 5 nitrogen and oxygen atoms in total. The van der Waals surface area contributed by atoms with Crippen molar-refractivity contribution in [1.82, 2.24) is 4.98 Å². The molecule has 2 rings (SSSR count). The minimum Gasteiger partial charge on any atom is -0.371 e. The van der Waals surface area contributed by atoms with E-state index in [2.05, 4.69) is 29.0 Å². The molecule has 1 amide bonds. The molecule has 0 saturated carbocycles. The van der Waals surface area contributed by atoms with E-state index >= 15 is 0 Å². The van der Waals surface area contributed by atoms with Crippen molar-refractivity contribution in [1.29, 1.82) is 0 Å². The number of nitrogens with zero attached hydrogens (tertiary/aromatic N) is 2. The fraction of sp³-hybridized carbons (Fsp3) is 0.350. The van der Waals surface area contributed by atoms with E-state index in [4.69, 9.17) is 0 Å². The summed E-state index contributed by atoms with van der Waals surface area (Å²) in [7, 11) is 0. The zero-order valence-corrected chi connectivity index (χ0v) is 15.1. The maximum absolute atomic E-state index is 12.5. The average Bonchev–Trinajstić information content (AvgIpc) is 2.62. The molecule has 0 spiro atoms. The van der Waals surface area contributed by atoms with Crippen molar-refractivity contribution in [3.8, 4) is 0 Å². The number of hydrogen-bond acceptors (Lipinski definition) is 4. The van der Waals surface area contributed by atoms with Crippen LogP contribution < -0.4 is 10.2 Å². The lowest BCUT2D eigenvalue weighted by Crippen LogP contribution is -2.25. The van der Waals surface area contributed by atoms with E-state index in [1.165, 1.54) is 6.92 Å². The maximum atomic E-state index is 12.5. The fourth-order valence-corrected chi connectivity index (χ4v) is 2.63. The van der Waals surface area contributed by atoms with E-state index in [0.717, 1.165) is 31.6 Å². The summed E-state index contributed by atoms with van der Waals surface area (Å²) >= 11 is 0. The second-order valence-corrected chi connectivity index (χ2v) is 5.97. The molecular formula is C20H25N3O2. The third kappa shape index (κ3) is 5.14. The first-order valence-electron chi connectivity index (χ1n) is 8.68. The zero-order valence-electron chi connectivity index (χ0n) is 15.1. The Morgan fingerprint density at radius 3 is 2.24 bits per heavy atom. The molecule has 5 heteroatoms. The van der Waals surface area contributed by atoms with Crippen LogP contribution in [0.15, 0.2) is 42.6 Å². The molecule has 0 saturated heterocycles. The molecule has 0 radical (unpaired) electrons. The van der Waals surface area contributed by atoms with Crippen LogP contribution in [0.5, 0.6) is 0 Å². The maximum Gasteiger partial charge on any atom is 0.274 e. The minimum absolute atomic E-state index is 0.000755. The Kier molecular flexibility index (Phi) is 6.69. The number of aromatic nitrogens is 1. The van der Waals surface area contributed by atoms with Gasteiger partial charge in [-0.3, -0.25) is 14.6 Å². The van der Waals surface area contributed by atoms with Gasteiger partial charge in [0, 0.05) is 36.2 Å². The van der Waals surface area contributed by atoms with Crippen LogP contribution in [-0.4, -0.2) is 29.8 Å². The average molecular weight is 339 g/mol. The predicted octanol–water partition coefficient (Wildman–Crippen LogP) is 4.16. The third-order valence-electron chi connectivity index (χ3n) is 3.88. The summed E-state index contributed by atoms with van der Waals surface area (Å²) in [5, 5.41) is 2.82. The predicted molar refractivity (Wildman–Crippen MR) is 101 cm³/mol. The Morgan fingerprint density at radius 1 is 1.04 bits per heavy atom. The minimum atomic E-state index is -0.259. The van der Waals surface area contributed by atoms with Gasteiger partial charge in [-0.15, -0.1) is 0 Å². The van der Waals surface area contributed by atoms with Gasteiger partial charge >= 0.3 is 0 Å². The smallest absolute Gasteiger partial charge is 0.274 e. The number of carbonyl (C=O) groups excluding carboxylic acids is 2. The molecule has 132 valence electrons. The van der Waals surface area contributed by atoms with Crippen LogP contribution in [0.25, 0.3) is 0 Å². The van der Waals surface area contributed by atoms with Crippen LogP contribution >= 0.6 is 0 Å². The van der Waals surface area contributed by atoms with Crippen LogP contribution in [-0.2, 0) is 0 Å². The van der Waals surface area contributed by atoms with Gasteiger partial charge in [-0.25, -0.2) is 0 Å². The monoisotopic (exact) mass is 339 g/mol. The van der Waals surface area contributed by atoms with E-state index in [9.17, 15) is 9.59 Å². The van der Waals surface area contributed by atoms with Crippen molar-refractivity contribution >= 4 is 23.1 Å². The van der Waals surface area contributed by atoms with Crippen molar-refractivity contribution in [2.75, 3.05) is 23.3 Å². The standard InChI is InChI=1S/C20H25N3O2/c1-4-12-23(13-5-2)18-10-11-21-19(14-18)20(25)22-17-8-6-16(7-9-17)15(3)24/h6-11,14H,4-5,12-13H2,1-3H3,(H,22,25). The molecule has 1 N–H and O–H groups in total. The number of rotatable bonds is 8. The highest BCUT2D eigenvalue weighted by molar-refractivity contribution is 6.03. The highest BCUT2D eigenvalue weighted by atomic mass is 16.2. The summed E-state index contributed by atoms with van der Waals surface area (Å²) in [6, 6.07) is 10.6. The summed E-state index contributed by atoms with van der Waals surface area (Å²) < 4.78 is 0. The first-order chi connectivity index (χ1) is 12.0. The number of carbonyl (C=O) groups is 2. The molecule has 2 aromatic rings. The summed E-state index contributed by atoms with van der Waals surface area (Å²) in [5.74, 6) is -0.260.